The van der Waals surface area contributed by atoms with Gasteiger partial charge in [-0.15, -0.1) is 0 Å². The molecule has 108 valence electrons. The molecule has 0 fully saturated rings. The molecule has 20 heavy (non-hydrogen) atoms. The van der Waals surface area contributed by atoms with E-state index in [4.69, 9.17) is 15.3 Å². The van der Waals surface area contributed by atoms with Gasteiger partial charge < -0.3 is 15.3 Å². The van der Waals surface area contributed by atoms with Crippen LogP contribution < -0.4 is 0 Å². The molecule has 0 aliphatic carbocycles. The molecular formula is C13H14O7. The van der Waals surface area contributed by atoms with Gasteiger partial charge in [-0.3, -0.25) is 14.4 Å². The Morgan fingerprint density at radius 3 is 1.75 bits per heavy atom. The smallest absolute Gasteiger partial charge is 0.372 e. The van der Waals surface area contributed by atoms with E-state index in [1.165, 1.54) is 0 Å². The van der Waals surface area contributed by atoms with Gasteiger partial charge in [-0.25, -0.2) is 4.79 Å². The molecule has 3 N–H and O–H groups in total. The molecule has 0 saturated carbocycles. The van der Waals surface area contributed by atoms with E-state index in [-0.39, 0.29) is 6.42 Å². The van der Waals surface area contributed by atoms with Crippen LogP contribution in [-0.2, 0) is 25.6 Å². The predicted molar refractivity (Wildman–Crippen MR) is 67.3 cm³/mol. The minimum Gasteiger partial charge on any atom is -0.481 e. The number of carbonyl (C=O) groups is 4. The number of carboxylic acids is 3. The van der Waals surface area contributed by atoms with Crippen LogP contribution in [0.1, 0.15) is 18.4 Å². The fourth-order valence-electron chi connectivity index (χ4n) is 1.10. The Morgan fingerprint density at radius 2 is 1.35 bits per heavy atom. The van der Waals surface area contributed by atoms with Crippen LogP contribution in [0.5, 0.6) is 0 Å². The van der Waals surface area contributed by atoms with Crippen molar-refractivity contribution in [2.75, 3.05) is 0 Å². The van der Waals surface area contributed by atoms with E-state index in [1.807, 2.05) is 18.2 Å². The van der Waals surface area contributed by atoms with Crippen LogP contribution in [0.3, 0.4) is 0 Å². The molecule has 1 aromatic rings. The molecule has 0 atom stereocenters. The number of rotatable bonds is 6. The molecule has 0 spiro atoms. The number of carboxylic acid groups (broad SMARTS) is 3. The molecule has 7 heteroatoms. The van der Waals surface area contributed by atoms with E-state index < -0.39 is 36.5 Å². The Labute approximate surface area is 114 Å². The second-order valence-corrected chi connectivity index (χ2v) is 3.68. The van der Waals surface area contributed by atoms with Gasteiger partial charge in [0.2, 0.25) is 5.78 Å². The number of aliphatic carboxylic acids is 3. The molecule has 7 nitrogen and oxygen atoms in total. The van der Waals surface area contributed by atoms with Crippen molar-refractivity contribution in [3.8, 4) is 0 Å². The normalized spacial score (nSPS) is 9.00. The first-order valence-electron chi connectivity index (χ1n) is 5.56. The largest absolute Gasteiger partial charge is 0.481 e. The maximum Gasteiger partial charge on any atom is 0.372 e. The highest BCUT2D eigenvalue weighted by Crippen LogP contribution is 1.98. The summed E-state index contributed by atoms with van der Waals surface area (Å²) in [6, 6.07) is 9.13. The Morgan fingerprint density at radius 1 is 0.800 bits per heavy atom. The summed E-state index contributed by atoms with van der Waals surface area (Å²) in [6.07, 6.45) is -0.753. The first-order chi connectivity index (χ1) is 9.32. The molecule has 0 unspecified atom stereocenters. The van der Waals surface area contributed by atoms with Crippen LogP contribution in [0.2, 0.25) is 0 Å². The monoisotopic (exact) mass is 282 g/mol. The van der Waals surface area contributed by atoms with Crippen molar-refractivity contribution in [1.29, 1.82) is 0 Å². The van der Waals surface area contributed by atoms with Crippen LogP contribution >= 0.6 is 0 Å². The van der Waals surface area contributed by atoms with E-state index in [1.54, 1.807) is 12.1 Å². The van der Waals surface area contributed by atoms with Crippen molar-refractivity contribution >= 4 is 23.7 Å². The van der Waals surface area contributed by atoms with Crippen LogP contribution in [0.4, 0.5) is 0 Å². The lowest BCUT2D eigenvalue weighted by Gasteiger charge is -1.92. The molecule has 1 rings (SSSR count). The first kappa shape index (κ1) is 17.3. The van der Waals surface area contributed by atoms with Crippen molar-refractivity contribution in [1.82, 2.24) is 0 Å². The van der Waals surface area contributed by atoms with Gasteiger partial charge in [-0.1, -0.05) is 30.3 Å². The average Bonchev–Trinajstić information content (AvgIpc) is 2.37. The molecule has 0 heterocycles. The summed E-state index contributed by atoms with van der Waals surface area (Å²) in [7, 11) is 0. The summed E-state index contributed by atoms with van der Waals surface area (Å²) in [6.45, 7) is 0. The molecule has 0 aromatic heterocycles. The Balaban J connectivity index is 0.000000361. The Hall–Kier alpha value is -2.70. The summed E-state index contributed by atoms with van der Waals surface area (Å²) in [5.74, 6) is -4.61. The van der Waals surface area contributed by atoms with Gasteiger partial charge in [-0.2, -0.15) is 0 Å². The maximum atomic E-state index is 10.2. The first-order valence-corrected chi connectivity index (χ1v) is 5.56. The summed E-state index contributed by atoms with van der Waals surface area (Å²) in [4.78, 5) is 39.9. The molecule has 0 radical (unpaired) electrons. The predicted octanol–water partition coefficient (Wildman–Crippen LogP) is 0.819. The number of ketones is 1. The zero-order valence-corrected chi connectivity index (χ0v) is 10.5. The summed E-state index contributed by atoms with van der Waals surface area (Å²) in [5.41, 5.74) is 0.843. The number of benzene rings is 1. The third-order valence-electron chi connectivity index (χ3n) is 2.00. The highest BCUT2D eigenvalue weighted by molar-refractivity contribution is 6.32. The van der Waals surface area contributed by atoms with Gasteiger partial charge in [0.1, 0.15) is 0 Å². The van der Waals surface area contributed by atoms with Crippen molar-refractivity contribution in [3.05, 3.63) is 35.9 Å². The third-order valence-corrected chi connectivity index (χ3v) is 2.00. The number of hydrogen-bond donors (Lipinski definition) is 3. The topological polar surface area (TPSA) is 129 Å². The molecule has 0 aliphatic rings. The summed E-state index contributed by atoms with van der Waals surface area (Å²) >= 11 is 0. The van der Waals surface area contributed by atoms with Gasteiger partial charge in [0.15, 0.2) is 0 Å². The zero-order valence-electron chi connectivity index (χ0n) is 10.5. The van der Waals surface area contributed by atoms with E-state index in [2.05, 4.69) is 0 Å². The quantitative estimate of drug-likeness (QED) is 0.658. The lowest BCUT2D eigenvalue weighted by molar-refractivity contribution is -0.149. The lowest BCUT2D eigenvalue weighted by Crippen LogP contribution is -2.13. The standard InChI is InChI=1S/C8H8O2.C5H6O5/c9-8(10)6-7-4-2-1-3-5-7;6-3(5(9)10)1-2-4(7)8/h1-5H,6H2,(H,9,10);1-2H2,(H,7,8)(H,9,10). The van der Waals surface area contributed by atoms with Gasteiger partial charge >= 0.3 is 17.9 Å². The van der Waals surface area contributed by atoms with E-state index in [0.717, 1.165) is 5.56 Å². The highest BCUT2D eigenvalue weighted by Gasteiger charge is 2.12. The highest BCUT2D eigenvalue weighted by atomic mass is 16.4. The molecular weight excluding hydrogens is 268 g/mol. The maximum absolute atomic E-state index is 10.2. The van der Waals surface area contributed by atoms with Gasteiger partial charge in [0, 0.05) is 6.42 Å². The number of hydrogen-bond acceptors (Lipinski definition) is 4. The minimum absolute atomic E-state index is 0.112. The SMILES string of the molecule is O=C(O)CCC(=O)C(=O)O.O=C(O)Cc1ccccc1. The van der Waals surface area contributed by atoms with E-state index in [9.17, 15) is 19.2 Å². The summed E-state index contributed by atoms with van der Waals surface area (Å²) < 4.78 is 0. The number of Topliss-reactive ketones (excluding diaryl/α,β-unsaturated/α-hetero) is 1. The fourth-order valence-corrected chi connectivity index (χ4v) is 1.10. The zero-order chi connectivity index (χ0) is 15.5. The molecule has 0 aliphatic heterocycles. The van der Waals surface area contributed by atoms with Crippen molar-refractivity contribution < 1.29 is 34.5 Å². The van der Waals surface area contributed by atoms with Crippen molar-refractivity contribution in [2.45, 2.75) is 19.3 Å². The lowest BCUT2D eigenvalue weighted by atomic mass is 10.2. The van der Waals surface area contributed by atoms with Crippen LogP contribution in [0.25, 0.3) is 0 Å². The van der Waals surface area contributed by atoms with Crippen LogP contribution in [0.15, 0.2) is 30.3 Å². The van der Waals surface area contributed by atoms with Gasteiger partial charge in [-0.05, 0) is 5.56 Å². The molecule has 1 aromatic carbocycles. The Kier molecular flexibility index (Phi) is 8.01. The molecule has 0 amide bonds. The summed E-state index contributed by atoms with van der Waals surface area (Å²) in [5, 5.41) is 24.3. The average molecular weight is 282 g/mol. The minimum atomic E-state index is -1.58. The third kappa shape index (κ3) is 9.34. The van der Waals surface area contributed by atoms with Crippen molar-refractivity contribution in [2.24, 2.45) is 0 Å². The second-order valence-electron chi connectivity index (χ2n) is 3.68. The van der Waals surface area contributed by atoms with Crippen LogP contribution in [-0.4, -0.2) is 39.0 Å². The van der Waals surface area contributed by atoms with E-state index in [0.29, 0.717) is 0 Å². The van der Waals surface area contributed by atoms with Gasteiger partial charge in [0.25, 0.3) is 0 Å². The second kappa shape index (κ2) is 9.26. The molecule has 0 bridgehead atoms. The van der Waals surface area contributed by atoms with E-state index >= 15 is 0 Å². The Bertz CT molecular complexity index is 479. The van der Waals surface area contributed by atoms with Crippen molar-refractivity contribution in [3.63, 3.8) is 0 Å². The van der Waals surface area contributed by atoms with Gasteiger partial charge in [0.05, 0.1) is 12.8 Å². The van der Waals surface area contributed by atoms with Crippen LogP contribution in [0, 0.1) is 0 Å². The fraction of sp³-hybridized carbons (Fsp3) is 0.231. The molecule has 0 saturated heterocycles. The number of carbonyl (C=O) groups excluding carboxylic acids is 1.